The number of aromatic nitrogens is 4. The number of rotatable bonds is 2. The number of fused-ring (bicyclic) bond motifs is 1. The van der Waals surface area contributed by atoms with Crippen molar-refractivity contribution in [3.05, 3.63) is 24.3 Å². The number of nitrogens with zero attached hydrogens (tertiary/aromatic N) is 5. The molecule has 124 valence electrons. The zero-order valence-corrected chi connectivity index (χ0v) is 13.1. The molecule has 1 aliphatic rings. The quantitative estimate of drug-likeness (QED) is 0.765. The Morgan fingerprint density at radius 2 is 2.00 bits per heavy atom. The molecule has 0 atom stereocenters. The maximum absolute atomic E-state index is 12.3. The number of benzene rings is 1. The second-order valence-corrected chi connectivity index (χ2v) is 5.47. The van der Waals surface area contributed by atoms with Crippen molar-refractivity contribution < 1.29 is 14.2 Å². The molecule has 2 amide bonds. The van der Waals surface area contributed by atoms with Crippen LogP contribution in [0.3, 0.4) is 0 Å². The summed E-state index contributed by atoms with van der Waals surface area (Å²) < 4.78 is 12.0. The van der Waals surface area contributed by atoms with Crippen LogP contribution in [0, 0.1) is 0 Å². The molecule has 0 aliphatic carbocycles. The van der Waals surface area contributed by atoms with Crippen LogP contribution in [0.2, 0.25) is 0 Å². The monoisotopic (exact) mass is 328 g/mol. The van der Waals surface area contributed by atoms with E-state index in [9.17, 15) is 4.79 Å². The number of imidazole rings is 1. The van der Waals surface area contributed by atoms with Gasteiger partial charge in [0.1, 0.15) is 0 Å². The van der Waals surface area contributed by atoms with Gasteiger partial charge in [0.15, 0.2) is 11.5 Å². The van der Waals surface area contributed by atoms with Crippen molar-refractivity contribution in [1.29, 1.82) is 0 Å². The van der Waals surface area contributed by atoms with Gasteiger partial charge in [-0.15, -0.1) is 0 Å². The van der Waals surface area contributed by atoms with Crippen molar-refractivity contribution >= 4 is 22.9 Å². The van der Waals surface area contributed by atoms with Gasteiger partial charge < -0.3 is 14.2 Å². The Hall–Kier alpha value is -2.94. The highest BCUT2D eigenvalue weighted by atomic mass is 16.6. The zero-order valence-electron chi connectivity index (χ0n) is 13.1. The Labute approximate surface area is 137 Å². The van der Waals surface area contributed by atoms with Gasteiger partial charge in [-0.1, -0.05) is 12.1 Å². The molecule has 9 nitrogen and oxygen atoms in total. The summed E-state index contributed by atoms with van der Waals surface area (Å²) in [6.45, 7) is 2.14. The average Bonchev–Trinajstić information content (AvgIpc) is 3.20. The van der Waals surface area contributed by atoms with E-state index in [1.54, 1.807) is 4.90 Å². The Kier molecular flexibility index (Phi) is 3.62. The first-order chi connectivity index (χ1) is 11.7. The molecule has 4 rings (SSSR count). The number of para-hydroxylation sites is 2. The standard InChI is InChI=1S/C15H16N6O3/c1-20-11-5-3-2-4-10(11)16-14(20)12-13(19-24-18-12)17-15(22)21-6-8-23-9-7-21/h2-5H,6-9H2,1H3,(H,17,19,22). The molecule has 0 spiro atoms. The molecule has 0 radical (unpaired) electrons. The lowest BCUT2D eigenvalue weighted by molar-refractivity contribution is 0.0564. The van der Waals surface area contributed by atoms with E-state index in [4.69, 9.17) is 9.37 Å². The maximum atomic E-state index is 12.3. The Balaban J connectivity index is 1.64. The van der Waals surface area contributed by atoms with Gasteiger partial charge in [0, 0.05) is 20.1 Å². The first-order valence-electron chi connectivity index (χ1n) is 7.62. The van der Waals surface area contributed by atoms with Gasteiger partial charge in [-0.05, 0) is 22.4 Å². The molecule has 0 saturated carbocycles. The molecule has 0 unspecified atom stereocenters. The summed E-state index contributed by atoms with van der Waals surface area (Å²) in [5.74, 6) is 0.833. The van der Waals surface area contributed by atoms with E-state index in [0.29, 0.717) is 37.8 Å². The van der Waals surface area contributed by atoms with E-state index >= 15 is 0 Å². The lowest BCUT2D eigenvalue weighted by Crippen LogP contribution is -2.43. The first-order valence-corrected chi connectivity index (χ1v) is 7.62. The summed E-state index contributed by atoms with van der Waals surface area (Å²) in [7, 11) is 1.88. The van der Waals surface area contributed by atoms with E-state index in [-0.39, 0.29) is 11.8 Å². The number of amides is 2. The molecule has 1 aromatic carbocycles. The normalized spacial score (nSPS) is 15.0. The zero-order chi connectivity index (χ0) is 16.5. The van der Waals surface area contributed by atoms with E-state index in [1.807, 2.05) is 35.9 Å². The molecule has 2 aromatic heterocycles. The van der Waals surface area contributed by atoms with Crippen LogP contribution in [0.15, 0.2) is 28.9 Å². The van der Waals surface area contributed by atoms with E-state index < -0.39 is 0 Å². The molecule has 1 N–H and O–H groups in total. The van der Waals surface area contributed by atoms with Crippen LogP contribution in [-0.2, 0) is 11.8 Å². The van der Waals surface area contributed by atoms with Gasteiger partial charge >= 0.3 is 6.03 Å². The second kappa shape index (κ2) is 5.93. The van der Waals surface area contributed by atoms with Crippen molar-refractivity contribution in [1.82, 2.24) is 24.8 Å². The number of hydrogen-bond donors (Lipinski definition) is 1. The number of ether oxygens (including phenoxy) is 1. The van der Waals surface area contributed by atoms with Crippen molar-refractivity contribution in [2.24, 2.45) is 7.05 Å². The maximum Gasteiger partial charge on any atom is 0.323 e. The first kappa shape index (κ1) is 14.6. The second-order valence-electron chi connectivity index (χ2n) is 5.47. The fourth-order valence-electron chi connectivity index (χ4n) is 2.72. The molecule has 1 fully saturated rings. The van der Waals surface area contributed by atoms with Crippen LogP contribution in [0.1, 0.15) is 0 Å². The summed E-state index contributed by atoms with van der Waals surface area (Å²) in [6, 6.07) is 7.48. The number of urea groups is 1. The van der Waals surface area contributed by atoms with Crippen LogP contribution < -0.4 is 5.32 Å². The van der Waals surface area contributed by atoms with Crippen LogP contribution in [0.25, 0.3) is 22.6 Å². The minimum atomic E-state index is -0.256. The number of aryl methyl sites for hydroxylation is 1. The van der Waals surface area contributed by atoms with Crippen LogP contribution >= 0.6 is 0 Å². The van der Waals surface area contributed by atoms with E-state index in [2.05, 4.69) is 20.6 Å². The Morgan fingerprint density at radius 1 is 1.21 bits per heavy atom. The molecule has 3 aromatic rings. The molecule has 9 heteroatoms. The van der Waals surface area contributed by atoms with Gasteiger partial charge in [-0.3, -0.25) is 5.32 Å². The summed E-state index contributed by atoms with van der Waals surface area (Å²) in [5.41, 5.74) is 2.19. The van der Waals surface area contributed by atoms with Crippen LogP contribution in [0.4, 0.5) is 10.6 Å². The van der Waals surface area contributed by atoms with E-state index in [1.165, 1.54) is 0 Å². The number of carbonyl (C=O) groups excluding carboxylic acids is 1. The molecule has 24 heavy (non-hydrogen) atoms. The van der Waals surface area contributed by atoms with Crippen molar-refractivity contribution in [3.8, 4) is 11.5 Å². The molecular weight excluding hydrogens is 312 g/mol. The molecule has 1 saturated heterocycles. The lowest BCUT2D eigenvalue weighted by atomic mass is 10.3. The Bertz CT molecular complexity index is 880. The molecular formula is C15H16N6O3. The topological polar surface area (TPSA) is 98.3 Å². The number of morpholine rings is 1. The number of carbonyl (C=O) groups is 1. The fourth-order valence-corrected chi connectivity index (χ4v) is 2.72. The lowest BCUT2D eigenvalue weighted by Gasteiger charge is -2.26. The third-order valence-electron chi connectivity index (χ3n) is 4.01. The predicted octanol–water partition coefficient (Wildman–Crippen LogP) is 1.49. The smallest absolute Gasteiger partial charge is 0.323 e. The number of nitrogens with one attached hydrogen (secondary N) is 1. The highest BCUT2D eigenvalue weighted by molar-refractivity contribution is 5.92. The van der Waals surface area contributed by atoms with Crippen molar-refractivity contribution in [3.63, 3.8) is 0 Å². The van der Waals surface area contributed by atoms with Crippen LogP contribution in [-0.4, -0.2) is 57.1 Å². The molecule has 0 bridgehead atoms. The van der Waals surface area contributed by atoms with Gasteiger partial charge in [-0.25, -0.2) is 14.4 Å². The molecule has 1 aliphatic heterocycles. The minimum Gasteiger partial charge on any atom is -0.378 e. The van der Waals surface area contributed by atoms with Crippen molar-refractivity contribution in [2.45, 2.75) is 0 Å². The third-order valence-corrected chi connectivity index (χ3v) is 4.01. The fraction of sp³-hybridized carbons (Fsp3) is 0.333. The summed E-state index contributed by atoms with van der Waals surface area (Å²) in [6.07, 6.45) is 0. The van der Waals surface area contributed by atoms with Gasteiger partial charge in [0.05, 0.1) is 24.2 Å². The van der Waals surface area contributed by atoms with Gasteiger partial charge in [-0.2, -0.15) is 0 Å². The van der Waals surface area contributed by atoms with Crippen molar-refractivity contribution in [2.75, 3.05) is 31.6 Å². The van der Waals surface area contributed by atoms with Gasteiger partial charge in [0.25, 0.3) is 0 Å². The summed E-state index contributed by atoms with van der Waals surface area (Å²) in [5, 5.41) is 10.5. The van der Waals surface area contributed by atoms with Crippen LogP contribution in [0.5, 0.6) is 0 Å². The number of anilines is 1. The highest BCUT2D eigenvalue weighted by Crippen LogP contribution is 2.27. The summed E-state index contributed by atoms with van der Waals surface area (Å²) in [4.78, 5) is 18.5. The largest absolute Gasteiger partial charge is 0.378 e. The minimum absolute atomic E-state index is 0.255. The van der Waals surface area contributed by atoms with Gasteiger partial charge in [0.2, 0.25) is 5.82 Å². The third kappa shape index (κ3) is 2.48. The Morgan fingerprint density at radius 3 is 2.79 bits per heavy atom. The highest BCUT2D eigenvalue weighted by Gasteiger charge is 2.23. The summed E-state index contributed by atoms with van der Waals surface area (Å²) >= 11 is 0. The molecule has 3 heterocycles. The predicted molar refractivity (Wildman–Crippen MR) is 85.4 cm³/mol. The average molecular weight is 328 g/mol. The number of hydrogen-bond acceptors (Lipinski definition) is 6. The SMILES string of the molecule is Cn1c(-c2nonc2NC(=O)N2CCOCC2)nc2ccccc21. The van der Waals surface area contributed by atoms with E-state index in [0.717, 1.165) is 11.0 Å².